The lowest BCUT2D eigenvalue weighted by molar-refractivity contribution is -0.929. The topological polar surface area (TPSA) is 4.44 Å². The number of thioether (sulfide) groups is 1. The molecule has 2 fully saturated rings. The summed E-state index contributed by atoms with van der Waals surface area (Å²) in [7, 11) is 0. The highest BCUT2D eigenvalue weighted by Crippen LogP contribution is 2.43. The van der Waals surface area contributed by atoms with Crippen LogP contribution in [0.4, 0.5) is 0 Å². The first-order chi connectivity index (χ1) is 11.2. The number of alkyl halides is 1. The van der Waals surface area contributed by atoms with Gasteiger partial charge in [0.2, 0.25) is 0 Å². The van der Waals surface area contributed by atoms with Crippen LogP contribution >= 0.6 is 39.3 Å². The van der Waals surface area contributed by atoms with Crippen molar-refractivity contribution in [2.75, 3.05) is 6.54 Å². The minimum Gasteiger partial charge on any atom is -0.327 e. The Morgan fingerprint density at radius 1 is 1.09 bits per heavy atom. The van der Waals surface area contributed by atoms with E-state index in [-0.39, 0.29) is 0 Å². The highest BCUT2D eigenvalue weighted by molar-refractivity contribution is 9.09. The molecule has 2 bridgehead atoms. The van der Waals surface area contributed by atoms with Gasteiger partial charge in [-0.15, -0.1) is 11.8 Å². The van der Waals surface area contributed by atoms with Gasteiger partial charge in [-0.1, -0.05) is 57.9 Å². The molecular weight excluding hydrogens is 390 g/mol. The van der Waals surface area contributed by atoms with Gasteiger partial charge in [0.15, 0.2) is 0 Å². The van der Waals surface area contributed by atoms with E-state index in [1.807, 2.05) is 23.9 Å². The first kappa shape index (κ1) is 16.0. The summed E-state index contributed by atoms with van der Waals surface area (Å²) in [6.07, 6.45) is 1.33. The van der Waals surface area contributed by atoms with Crippen molar-refractivity contribution >= 4 is 39.3 Å². The van der Waals surface area contributed by atoms with Crippen LogP contribution in [-0.2, 0) is 6.54 Å². The first-order valence-corrected chi connectivity index (χ1v) is 10.3. The molecule has 0 radical (unpaired) electrons. The summed E-state index contributed by atoms with van der Waals surface area (Å²) in [5.41, 5.74) is 1.45. The highest BCUT2D eigenvalue weighted by atomic mass is 79.9. The van der Waals surface area contributed by atoms with E-state index < -0.39 is 0 Å². The number of likely N-dealkylation sites (tertiary alicyclic amines) is 1. The second-order valence-electron chi connectivity index (χ2n) is 6.60. The molecule has 2 aromatic carbocycles. The molecule has 2 aromatic rings. The third-order valence-electron chi connectivity index (χ3n) is 5.10. The zero-order valence-electron chi connectivity index (χ0n) is 12.8. The Morgan fingerprint density at radius 2 is 1.83 bits per heavy atom. The fourth-order valence-corrected chi connectivity index (χ4v) is 7.06. The van der Waals surface area contributed by atoms with Crippen LogP contribution in [0.2, 0.25) is 5.02 Å². The Bertz CT molecular complexity index is 663. The molecule has 5 atom stereocenters. The smallest absolute Gasteiger partial charge is 0.113 e. The molecule has 1 nitrogen and oxygen atoms in total. The Labute approximate surface area is 155 Å². The molecule has 120 valence electrons. The van der Waals surface area contributed by atoms with Gasteiger partial charge in [0, 0.05) is 21.4 Å². The van der Waals surface area contributed by atoms with Crippen molar-refractivity contribution in [3.8, 4) is 0 Å². The molecule has 1 saturated heterocycles. The average molecular weight is 410 g/mol. The van der Waals surface area contributed by atoms with Crippen molar-refractivity contribution < 1.29 is 4.90 Å². The second-order valence-corrected chi connectivity index (χ2v) is 9.41. The average Bonchev–Trinajstić information content (AvgIpc) is 3.02. The summed E-state index contributed by atoms with van der Waals surface area (Å²) < 4.78 is 0. The van der Waals surface area contributed by atoms with Crippen LogP contribution in [0.1, 0.15) is 12.0 Å². The molecule has 1 aliphatic carbocycles. The van der Waals surface area contributed by atoms with Crippen molar-refractivity contribution in [2.45, 2.75) is 34.0 Å². The van der Waals surface area contributed by atoms with Crippen LogP contribution in [0, 0.1) is 5.92 Å². The number of halogens is 2. The predicted molar refractivity (Wildman–Crippen MR) is 102 cm³/mol. The summed E-state index contributed by atoms with van der Waals surface area (Å²) in [6, 6.07) is 19.9. The van der Waals surface area contributed by atoms with Crippen LogP contribution in [0.3, 0.4) is 0 Å². The standard InChI is InChI=1S/C19H19BrClNS/c20-18-14-10-17(23-16-8-6-15(21)7-9-16)19(18)22(12-14)11-13-4-2-1-3-5-13/h1-9,14,17-19H,10-12H2/p+1/t14-,17+,18-,19-/m1/s1. The van der Waals surface area contributed by atoms with Crippen LogP contribution in [0.5, 0.6) is 0 Å². The summed E-state index contributed by atoms with van der Waals surface area (Å²) in [4.78, 5) is 3.73. The number of rotatable bonds is 4. The lowest BCUT2D eigenvalue weighted by Crippen LogP contribution is -3.15. The molecule has 1 saturated carbocycles. The zero-order valence-corrected chi connectivity index (χ0v) is 15.9. The van der Waals surface area contributed by atoms with E-state index in [1.165, 1.54) is 23.4 Å². The molecule has 1 heterocycles. The van der Waals surface area contributed by atoms with E-state index >= 15 is 0 Å². The number of piperidine rings is 1. The summed E-state index contributed by atoms with van der Waals surface area (Å²) in [6.45, 7) is 2.44. The van der Waals surface area contributed by atoms with Crippen molar-refractivity contribution in [1.29, 1.82) is 0 Å². The Balaban J connectivity index is 1.48. The van der Waals surface area contributed by atoms with Gasteiger partial charge in [0.25, 0.3) is 0 Å². The van der Waals surface area contributed by atoms with Gasteiger partial charge >= 0.3 is 0 Å². The van der Waals surface area contributed by atoms with Gasteiger partial charge in [-0.05, 0) is 30.7 Å². The number of quaternary nitrogens is 1. The lowest BCUT2D eigenvalue weighted by Gasteiger charge is -2.30. The summed E-state index contributed by atoms with van der Waals surface area (Å²) in [5, 5.41) is 1.51. The molecular formula is C19H20BrClNS+. The largest absolute Gasteiger partial charge is 0.327 e. The molecule has 4 heteroatoms. The molecule has 0 spiro atoms. The van der Waals surface area contributed by atoms with Gasteiger partial charge in [0.1, 0.15) is 12.6 Å². The van der Waals surface area contributed by atoms with Gasteiger partial charge in [0.05, 0.1) is 16.6 Å². The molecule has 0 amide bonds. The number of fused-ring (bicyclic) bond motifs is 2. The van der Waals surface area contributed by atoms with E-state index in [4.69, 9.17) is 11.6 Å². The van der Waals surface area contributed by atoms with Crippen molar-refractivity contribution in [1.82, 2.24) is 0 Å². The van der Waals surface area contributed by atoms with Crippen LogP contribution < -0.4 is 4.90 Å². The van der Waals surface area contributed by atoms with Gasteiger partial charge in [-0.3, -0.25) is 0 Å². The van der Waals surface area contributed by atoms with E-state index in [1.54, 1.807) is 4.90 Å². The SMILES string of the molecule is Clc1ccc(S[C@H]2C[C@@H]3C[NH+](Cc4ccccc4)[C@H]2[C@@H]3Br)cc1. The van der Waals surface area contributed by atoms with Crippen LogP contribution in [0.15, 0.2) is 59.5 Å². The predicted octanol–water partition coefficient (Wildman–Crippen LogP) is 4.05. The normalized spacial score (nSPS) is 32.3. The van der Waals surface area contributed by atoms with E-state index in [0.29, 0.717) is 16.1 Å². The molecule has 4 rings (SSSR count). The molecule has 1 aliphatic heterocycles. The number of benzene rings is 2. The fraction of sp³-hybridized carbons (Fsp3) is 0.368. The van der Waals surface area contributed by atoms with Gasteiger partial charge in [-0.2, -0.15) is 0 Å². The number of hydrogen-bond acceptors (Lipinski definition) is 1. The number of nitrogens with one attached hydrogen (secondary N) is 1. The van der Waals surface area contributed by atoms with E-state index in [9.17, 15) is 0 Å². The Hall–Kier alpha value is -0.480. The quantitative estimate of drug-likeness (QED) is 0.746. The van der Waals surface area contributed by atoms with E-state index in [0.717, 1.165) is 17.5 Å². The maximum absolute atomic E-state index is 6.01. The van der Waals surface area contributed by atoms with E-state index in [2.05, 4.69) is 58.4 Å². The fourth-order valence-electron chi connectivity index (χ4n) is 4.09. The van der Waals surface area contributed by atoms with Crippen LogP contribution in [-0.4, -0.2) is 22.7 Å². The maximum Gasteiger partial charge on any atom is 0.113 e. The Kier molecular flexibility index (Phi) is 4.73. The minimum atomic E-state index is 0.658. The molecule has 2 aliphatic rings. The molecule has 1 unspecified atom stereocenters. The third kappa shape index (κ3) is 3.34. The maximum atomic E-state index is 6.01. The number of hydrogen-bond donors (Lipinski definition) is 1. The molecule has 0 aromatic heterocycles. The zero-order chi connectivity index (χ0) is 15.8. The lowest BCUT2D eigenvalue weighted by atomic mass is 10.1. The Morgan fingerprint density at radius 3 is 2.52 bits per heavy atom. The van der Waals surface area contributed by atoms with Crippen LogP contribution in [0.25, 0.3) is 0 Å². The van der Waals surface area contributed by atoms with Crippen molar-refractivity contribution in [2.24, 2.45) is 5.92 Å². The van der Waals surface area contributed by atoms with Crippen molar-refractivity contribution in [3.63, 3.8) is 0 Å². The second kappa shape index (κ2) is 6.79. The highest BCUT2D eigenvalue weighted by Gasteiger charge is 2.55. The van der Waals surface area contributed by atoms with Gasteiger partial charge < -0.3 is 4.90 Å². The summed E-state index contributed by atoms with van der Waals surface area (Å²) in [5.74, 6) is 0.809. The first-order valence-electron chi connectivity index (χ1n) is 8.15. The molecule has 23 heavy (non-hydrogen) atoms. The third-order valence-corrected chi connectivity index (χ3v) is 8.00. The van der Waals surface area contributed by atoms with Gasteiger partial charge in [-0.25, -0.2) is 0 Å². The monoisotopic (exact) mass is 408 g/mol. The summed E-state index contributed by atoms with van der Waals surface area (Å²) >= 11 is 12.0. The van der Waals surface area contributed by atoms with Crippen molar-refractivity contribution in [3.05, 3.63) is 65.2 Å². The molecule has 1 N–H and O–H groups in total. The minimum absolute atomic E-state index is 0.658.